The molecule has 20 heavy (non-hydrogen) atoms. The van der Waals surface area contributed by atoms with Gasteiger partial charge in [0.1, 0.15) is 0 Å². The fraction of sp³-hybridized carbons (Fsp3) is 0.167. The Balaban J connectivity index is 1.92. The normalized spacial score (nSPS) is 13.8. The molecule has 1 aliphatic rings. The van der Waals surface area contributed by atoms with Crippen molar-refractivity contribution in [1.29, 1.82) is 0 Å². The molecule has 0 N–H and O–H groups in total. The minimum atomic E-state index is 1.12. The van der Waals surface area contributed by atoms with Crippen LogP contribution in [-0.2, 0) is 6.42 Å². The van der Waals surface area contributed by atoms with Gasteiger partial charge < -0.3 is 4.90 Å². The molecule has 1 aliphatic heterocycles. The van der Waals surface area contributed by atoms with Crippen LogP contribution in [0.15, 0.2) is 54.9 Å². The van der Waals surface area contributed by atoms with E-state index in [1.165, 1.54) is 33.2 Å². The number of pyridine rings is 1. The Morgan fingerprint density at radius 2 is 1.95 bits per heavy atom. The van der Waals surface area contributed by atoms with Crippen molar-refractivity contribution in [2.45, 2.75) is 6.42 Å². The van der Waals surface area contributed by atoms with Gasteiger partial charge in [-0.05, 0) is 35.1 Å². The largest absolute Gasteiger partial charge is 0.374 e. The third-order valence-electron chi connectivity index (χ3n) is 4.19. The predicted molar refractivity (Wildman–Crippen MR) is 84.2 cm³/mol. The number of fused-ring (bicyclic) bond motifs is 2. The molecule has 0 saturated carbocycles. The lowest BCUT2D eigenvalue weighted by molar-refractivity contribution is 0.956. The van der Waals surface area contributed by atoms with Crippen LogP contribution in [0.1, 0.15) is 5.56 Å². The molecular weight excluding hydrogens is 244 g/mol. The zero-order valence-corrected chi connectivity index (χ0v) is 11.5. The first-order chi connectivity index (χ1) is 9.83. The minimum absolute atomic E-state index is 1.12. The summed E-state index contributed by atoms with van der Waals surface area (Å²) in [4.78, 5) is 6.71. The average molecular weight is 260 g/mol. The molecule has 2 nitrogen and oxygen atoms in total. The highest BCUT2D eigenvalue weighted by Gasteiger charge is 2.16. The molecule has 0 bridgehead atoms. The number of anilines is 1. The van der Waals surface area contributed by atoms with Crippen LogP contribution >= 0.6 is 0 Å². The minimum Gasteiger partial charge on any atom is -0.374 e. The van der Waals surface area contributed by atoms with Crippen LogP contribution in [-0.4, -0.2) is 18.6 Å². The number of benzene rings is 2. The quantitative estimate of drug-likeness (QED) is 0.660. The number of hydrogen-bond acceptors (Lipinski definition) is 2. The average Bonchev–Trinajstić information content (AvgIpc) is 2.87. The van der Waals surface area contributed by atoms with E-state index in [-0.39, 0.29) is 0 Å². The second kappa shape index (κ2) is 4.34. The molecule has 2 heteroatoms. The maximum absolute atomic E-state index is 4.39. The monoisotopic (exact) mass is 260 g/mol. The van der Waals surface area contributed by atoms with E-state index < -0.39 is 0 Å². The fourth-order valence-electron chi connectivity index (χ4n) is 3.08. The first kappa shape index (κ1) is 11.5. The summed E-state index contributed by atoms with van der Waals surface area (Å²) in [7, 11) is 2.16. The SMILES string of the molecule is CN1CCc2cc(-c3cncc4ccccc34)ccc21. The van der Waals surface area contributed by atoms with Crippen LogP contribution in [0.3, 0.4) is 0 Å². The van der Waals surface area contributed by atoms with Gasteiger partial charge in [0.05, 0.1) is 0 Å². The molecule has 2 heterocycles. The molecule has 3 aromatic rings. The summed E-state index contributed by atoms with van der Waals surface area (Å²) in [5, 5.41) is 2.47. The molecule has 0 saturated heterocycles. The predicted octanol–water partition coefficient (Wildman–Crippen LogP) is 3.89. The maximum atomic E-state index is 4.39. The molecule has 2 aromatic carbocycles. The molecule has 0 amide bonds. The van der Waals surface area contributed by atoms with E-state index in [9.17, 15) is 0 Å². The molecule has 0 fully saturated rings. The van der Waals surface area contributed by atoms with E-state index in [1.54, 1.807) is 0 Å². The lowest BCUT2D eigenvalue weighted by Crippen LogP contribution is -2.12. The molecule has 0 atom stereocenters. The van der Waals surface area contributed by atoms with Crippen molar-refractivity contribution in [3.05, 3.63) is 60.4 Å². The number of hydrogen-bond donors (Lipinski definition) is 0. The van der Waals surface area contributed by atoms with E-state index in [2.05, 4.69) is 59.4 Å². The maximum Gasteiger partial charge on any atom is 0.0397 e. The Labute approximate surface area is 118 Å². The van der Waals surface area contributed by atoms with E-state index in [4.69, 9.17) is 0 Å². The Hall–Kier alpha value is -2.35. The second-order valence-electron chi connectivity index (χ2n) is 5.42. The van der Waals surface area contributed by atoms with Crippen molar-refractivity contribution >= 4 is 16.5 Å². The highest BCUT2D eigenvalue weighted by atomic mass is 15.1. The molecule has 0 spiro atoms. The molecule has 98 valence electrons. The number of nitrogens with zero attached hydrogens (tertiary/aromatic N) is 2. The summed E-state index contributed by atoms with van der Waals surface area (Å²) in [6.07, 6.45) is 5.04. The van der Waals surface area contributed by atoms with E-state index >= 15 is 0 Å². The Bertz CT molecular complexity index is 787. The smallest absolute Gasteiger partial charge is 0.0397 e. The topological polar surface area (TPSA) is 16.1 Å². The van der Waals surface area contributed by atoms with Gasteiger partial charge in [-0.3, -0.25) is 4.98 Å². The summed E-state index contributed by atoms with van der Waals surface area (Å²) in [5.74, 6) is 0. The van der Waals surface area contributed by atoms with Crippen LogP contribution in [0.25, 0.3) is 21.9 Å². The molecular formula is C18H16N2. The lowest BCUT2D eigenvalue weighted by atomic mass is 9.98. The van der Waals surface area contributed by atoms with Gasteiger partial charge in [0.2, 0.25) is 0 Å². The highest BCUT2D eigenvalue weighted by Crippen LogP contribution is 2.33. The van der Waals surface area contributed by atoms with E-state index in [1.807, 2.05) is 12.4 Å². The molecule has 0 radical (unpaired) electrons. The van der Waals surface area contributed by atoms with Crippen LogP contribution in [0, 0.1) is 0 Å². The third-order valence-corrected chi connectivity index (χ3v) is 4.19. The van der Waals surface area contributed by atoms with Gasteiger partial charge in [-0.1, -0.05) is 30.3 Å². The van der Waals surface area contributed by atoms with Crippen LogP contribution in [0.5, 0.6) is 0 Å². The van der Waals surface area contributed by atoms with Gasteiger partial charge in [0, 0.05) is 42.6 Å². The van der Waals surface area contributed by atoms with Gasteiger partial charge in [-0.25, -0.2) is 0 Å². The van der Waals surface area contributed by atoms with Crippen molar-refractivity contribution in [3.8, 4) is 11.1 Å². The zero-order valence-electron chi connectivity index (χ0n) is 11.5. The summed E-state index contributed by atoms with van der Waals surface area (Å²) in [6, 6.07) is 15.2. The van der Waals surface area contributed by atoms with Crippen LogP contribution in [0.4, 0.5) is 5.69 Å². The molecule has 1 aromatic heterocycles. The van der Waals surface area contributed by atoms with Gasteiger partial charge in [0.15, 0.2) is 0 Å². The summed E-state index contributed by atoms with van der Waals surface area (Å²) < 4.78 is 0. The van der Waals surface area contributed by atoms with Crippen molar-refractivity contribution in [1.82, 2.24) is 4.98 Å². The van der Waals surface area contributed by atoms with Crippen molar-refractivity contribution < 1.29 is 0 Å². The second-order valence-corrected chi connectivity index (χ2v) is 5.42. The Kier molecular flexibility index (Phi) is 2.49. The van der Waals surface area contributed by atoms with Crippen molar-refractivity contribution in [2.75, 3.05) is 18.5 Å². The van der Waals surface area contributed by atoms with Gasteiger partial charge >= 0.3 is 0 Å². The number of aromatic nitrogens is 1. The standard InChI is InChI=1S/C18H16N2/c1-20-9-8-14-10-13(6-7-18(14)20)17-12-19-11-15-4-2-3-5-16(15)17/h2-7,10-12H,8-9H2,1H3. The Morgan fingerprint density at radius 3 is 2.90 bits per heavy atom. The van der Waals surface area contributed by atoms with Crippen LogP contribution < -0.4 is 4.90 Å². The van der Waals surface area contributed by atoms with Gasteiger partial charge in [-0.15, -0.1) is 0 Å². The lowest BCUT2D eigenvalue weighted by Gasteiger charge is -2.13. The molecule has 0 aliphatic carbocycles. The first-order valence-electron chi connectivity index (χ1n) is 7.00. The summed E-state index contributed by atoms with van der Waals surface area (Å²) in [5.41, 5.74) is 5.30. The van der Waals surface area contributed by atoms with E-state index in [0.717, 1.165) is 13.0 Å². The molecule has 0 unspecified atom stereocenters. The zero-order chi connectivity index (χ0) is 13.5. The number of rotatable bonds is 1. The van der Waals surface area contributed by atoms with Crippen molar-refractivity contribution in [3.63, 3.8) is 0 Å². The number of likely N-dealkylation sites (N-methyl/N-ethyl adjacent to an activating group) is 1. The third kappa shape index (κ3) is 1.68. The van der Waals surface area contributed by atoms with Gasteiger partial charge in [-0.2, -0.15) is 0 Å². The summed E-state index contributed by atoms with van der Waals surface area (Å²) in [6.45, 7) is 1.12. The van der Waals surface area contributed by atoms with Crippen LogP contribution in [0.2, 0.25) is 0 Å². The van der Waals surface area contributed by atoms with Crippen molar-refractivity contribution in [2.24, 2.45) is 0 Å². The van der Waals surface area contributed by atoms with Gasteiger partial charge in [0.25, 0.3) is 0 Å². The first-order valence-corrected chi connectivity index (χ1v) is 7.00. The Morgan fingerprint density at radius 1 is 1.05 bits per heavy atom. The highest BCUT2D eigenvalue weighted by molar-refractivity contribution is 5.96. The fourth-order valence-corrected chi connectivity index (χ4v) is 3.08. The summed E-state index contributed by atoms with van der Waals surface area (Å²) >= 11 is 0. The molecule has 4 rings (SSSR count). The van der Waals surface area contributed by atoms with E-state index in [0.29, 0.717) is 0 Å².